The zero-order chi connectivity index (χ0) is 17.5. The molecule has 1 fully saturated rings. The van der Waals surface area contributed by atoms with Gasteiger partial charge in [0.2, 0.25) is 0 Å². The number of nitrogens with zero attached hydrogens (tertiary/aromatic N) is 1. The first-order valence-electron chi connectivity index (χ1n) is 8.78. The van der Waals surface area contributed by atoms with E-state index in [1.54, 1.807) is 6.92 Å². The maximum atomic E-state index is 12.4. The first-order chi connectivity index (χ1) is 11.3. The molecule has 2 heterocycles. The summed E-state index contributed by atoms with van der Waals surface area (Å²) in [6.45, 7) is 9.68. The highest BCUT2D eigenvalue weighted by Gasteiger charge is 2.28. The van der Waals surface area contributed by atoms with Gasteiger partial charge in [-0.2, -0.15) is 0 Å². The van der Waals surface area contributed by atoms with Gasteiger partial charge in [0.25, 0.3) is 5.56 Å². The van der Waals surface area contributed by atoms with Crippen LogP contribution in [0.3, 0.4) is 0 Å². The van der Waals surface area contributed by atoms with Gasteiger partial charge in [-0.15, -0.1) is 0 Å². The van der Waals surface area contributed by atoms with Crippen molar-refractivity contribution in [3.05, 3.63) is 33.9 Å². The topological polar surface area (TPSA) is 67.2 Å². The lowest BCUT2D eigenvalue weighted by Gasteiger charge is -2.17. The van der Waals surface area contributed by atoms with Crippen molar-refractivity contribution in [2.45, 2.75) is 64.2 Å². The zero-order valence-electron chi connectivity index (χ0n) is 15.1. The normalized spacial score (nSPS) is 16.7. The molecule has 0 bridgehead atoms. The number of aliphatic hydroxyl groups excluding tert-OH is 1. The van der Waals surface area contributed by atoms with Crippen LogP contribution in [-0.2, 0) is 11.5 Å². The number of hydrogen-bond acceptors (Lipinski definition) is 3. The van der Waals surface area contributed by atoms with Crippen LogP contribution in [0.2, 0.25) is 25.7 Å². The molecule has 5 nitrogen and oxygen atoms in total. The molecule has 1 atom stereocenters. The summed E-state index contributed by atoms with van der Waals surface area (Å²) in [5, 5.41) is 11.1. The Morgan fingerprint density at radius 3 is 2.71 bits per heavy atom. The Balaban J connectivity index is 1.94. The molecular weight excluding hydrogens is 320 g/mol. The van der Waals surface area contributed by atoms with E-state index in [1.165, 1.54) is 18.4 Å². The number of pyridine rings is 1. The standard InChI is InChI=1S/C18H28N2O3Si/c1-12(21)16-9-14-15(13-5-6-13)10-19-18(22)17(14)20(16)11-23-7-8-24(2,3)4/h9-10,12-13,21H,5-8,11H2,1-4H3,(H,19,22). The molecule has 0 aliphatic heterocycles. The van der Waals surface area contributed by atoms with Gasteiger partial charge in [0.1, 0.15) is 12.2 Å². The van der Waals surface area contributed by atoms with Gasteiger partial charge in [-0.25, -0.2) is 0 Å². The second kappa shape index (κ2) is 6.50. The van der Waals surface area contributed by atoms with Crippen LogP contribution in [0, 0.1) is 0 Å². The van der Waals surface area contributed by atoms with E-state index in [9.17, 15) is 9.90 Å². The molecule has 24 heavy (non-hydrogen) atoms. The maximum absolute atomic E-state index is 12.4. The van der Waals surface area contributed by atoms with Crippen molar-refractivity contribution in [3.63, 3.8) is 0 Å². The number of nitrogens with one attached hydrogen (secondary N) is 1. The predicted octanol–water partition coefficient (Wildman–Crippen LogP) is 3.57. The third-order valence-electron chi connectivity index (χ3n) is 4.68. The van der Waals surface area contributed by atoms with E-state index < -0.39 is 14.2 Å². The number of aliphatic hydroxyl groups is 1. The van der Waals surface area contributed by atoms with Gasteiger partial charge in [-0.05, 0) is 43.4 Å². The highest BCUT2D eigenvalue weighted by molar-refractivity contribution is 6.76. The third-order valence-corrected chi connectivity index (χ3v) is 6.38. The van der Waals surface area contributed by atoms with E-state index in [1.807, 2.05) is 16.8 Å². The first kappa shape index (κ1) is 17.4. The molecule has 0 spiro atoms. The van der Waals surface area contributed by atoms with Crippen LogP contribution in [-0.4, -0.2) is 29.3 Å². The van der Waals surface area contributed by atoms with E-state index in [0.717, 1.165) is 17.1 Å². The lowest BCUT2D eigenvalue weighted by molar-refractivity contribution is 0.0810. The molecule has 0 radical (unpaired) electrons. The minimum atomic E-state index is -1.15. The monoisotopic (exact) mass is 348 g/mol. The second-order valence-corrected chi connectivity index (χ2v) is 13.8. The lowest BCUT2D eigenvalue weighted by atomic mass is 10.1. The van der Waals surface area contributed by atoms with Crippen LogP contribution < -0.4 is 5.56 Å². The Morgan fingerprint density at radius 2 is 2.12 bits per heavy atom. The van der Waals surface area contributed by atoms with Crippen LogP contribution in [0.5, 0.6) is 0 Å². The molecule has 3 rings (SSSR count). The summed E-state index contributed by atoms with van der Waals surface area (Å²) in [6.07, 6.45) is 3.54. The molecule has 2 N–H and O–H groups in total. The Labute approximate surface area is 143 Å². The fraction of sp³-hybridized carbons (Fsp3) is 0.611. The van der Waals surface area contributed by atoms with E-state index in [-0.39, 0.29) is 5.56 Å². The van der Waals surface area contributed by atoms with Gasteiger partial charge in [0, 0.05) is 32.0 Å². The molecular formula is C18H28N2O3Si. The van der Waals surface area contributed by atoms with Gasteiger partial charge in [0.15, 0.2) is 0 Å². The van der Waals surface area contributed by atoms with Crippen LogP contribution in [0.4, 0.5) is 0 Å². The largest absolute Gasteiger partial charge is 0.387 e. The maximum Gasteiger partial charge on any atom is 0.272 e. The second-order valence-electron chi connectivity index (χ2n) is 8.13. The van der Waals surface area contributed by atoms with E-state index >= 15 is 0 Å². The molecule has 1 unspecified atom stereocenters. The van der Waals surface area contributed by atoms with Crippen molar-refractivity contribution < 1.29 is 9.84 Å². The number of fused-ring (bicyclic) bond motifs is 1. The molecule has 1 aliphatic carbocycles. The minimum Gasteiger partial charge on any atom is -0.387 e. The zero-order valence-corrected chi connectivity index (χ0v) is 16.1. The van der Waals surface area contributed by atoms with Crippen LogP contribution in [0.15, 0.2) is 17.1 Å². The molecule has 1 aliphatic rings. The summed E-state index contributed by atoms with van der Waals surface area (Å²) in [6, 6.07) is 3.05. The van der Waals surface area contributed by atoms with Crippen LogP contribution >= 0.6 is 0 Å². The molecule has 132 valence electrons. The van der Waals surface area contributed by atoms with Crippen molar-refractivity contribution in [2.75, 3.05) is 6.61 Å². The number of rotatable bonds is 7. The highest BCUT2D eigenvalue weighted by Crippen LogP contribution is 2.43. The van der Waals surface area contributed by atoms with Crippen molar-refractivity contribution >= 4 is 19.0 Å². The molecule has 2 aromatic rings. The van der Waals surface area contributed by atoms with E-state index in [0.29, 0.717) is 24.8 Å². The molecule has 0 saturated heterocycles. The van der Waals surface area contributed by atoms with Crippen molar-refractivity contribution in [3.8, 4) is 0 Å². The molecule has 0 amide bonds. The van der Waals surface area contributed by atoms with Crippen LogP contribution in [0.25, 0.3) is 10.9 Å². The average molecular weight is 349 g/mol. The van der Waals surface area contributed by atoms with Gasteiger partial charge in [0.05, 0.1) is 6.10 Å². The summed E-state index contributed by atoms with van der Waals surface area (Å²) >= 11 is 0. The van der Waals surface area contributed by atoms with Crippen LogP contribution in [0.1, 0.15) is 43.0 Å². The van der Waals surface area contributed by atoms with Crippen molar-refractivity contribution in [1.82, 2.24) is 9.55 Å². The summed E-state index contributed by atoms with van der Waals surface area (Å²) in [7, 11) is -1.15. The SMILES string of the molecule is CC(O)c1cc2c(C3CC3)c[nH]c(=O)c2n1COCC[Si](C)(C)C. The number of aromatic nitrogens is 2. The molecule has 1 saturated carbocycles. The lowest BCUT2D eigenvalue weighted by Crippen LogP contribution is -2.22. The van der Waals surface area contributed by atoms with Gasteiger partial charge in [-0.3, -0.25) is 4.79 Å². The number of ether oxygens (including phenoxy) is 1. The Hall–Kier alpha value is -1.37. The molecule has 0 aromatic carbocycles. The fourth-order valence-corrected chi connectivity index (χ4v) is 3.83. The van der Waals surface area contributed by atoms with E-state index in [2.05, 4.69) is 24.6 Å². The predicted molar refractivity (Wildman–Crippen MR) is 99.3 cm³/mol. The number of H-pyrrole nitrogens is 1. The minimum absolute atomic E-state index is 0.116. The Morgan fingerprint density at radius 1 is 1.42 bits per heavy atom. The van der Waals surface area contributed by atoms with Gasteiger partial charge in [-0.1, -0.05) is 19.6 Å². The first-order valence-corrected chi connectivity index (χ1v) is 12.5. The summed E-state index contributed by atoms with van der Waals surface area (Å²) in [4.78, 5) is 15.3. The quantitative estimate of drug-likeness (QED) is 0.594. The molecule has 2 aromatic heterocycles. The molecule has 6 heteroatoms. The smallest absolute Gasteiger partial charge is 0.272 e. The summed E-state index contributed by atoms with van der Waals surface area (Å²) in [5.74, 6) is 0.537. The highest BCUT2D eigenvalue weighted by atomic mass is 28.3. The average Bonchev–Trinajstić information content (AvgIpc) is 3.23. The summed E-state index contributed by atoms with van der Waals surface area (Å²) in [5.41, 5.74) is 2.45. The Kier molecular flexibility index (Phi) is 4.73. The van der Waals surface area contributed by atoms with Crippen molar-refractivity contribution in [2.24, 2.45) is 0 Å². The van der Waals surface area contributed by atoms with E-state index in [4.69, 9.17) is 4.74 Å². The number of hydrogen-bond donors (Lipinski definition) is 2. The van der Waals surface area contributed by atoms with Gasteiger partial charge < -0.3 is 19.4 Å². The fourth-order valence-electron chi connectivity index (χ4n) is 3.07. The number of aromatic amines is 1. The summed E-state index contributed by atoms with van der Waals surface area (Å²) < 4.78 is 7.70. The van der Waals surface area contributed by atoms with Gasteiger partial charge >= 0.3 is 0 Å². The Bertz CT molecular complexity index is 782. The van der Waals surface area contributed by atoms with Crippen molar-refractivity contribution in [1.29, 1.82) is 0 Å². The third kappa shape index (κ3) is 3.65.